The summed E-state index contributed by atoms with van der Waals surface area (Å²) in [6.45, 7) is 1.60. The van der Waals surface area contributed by atoms with Gasteiger partial charge in [0.1, 0.15) is 17.1 Å². The van der Waals surface area contributed by atoms with E-state index in [1.807, 2.05) is 0 Å². The van der Waals surface area contributed by atoms with Crippen molar-refractivity contribution < 1.29 is 54.0 Å². The number of fused-ring (bicyclic) bond motifs is 2. The number of hydrogen-bond donors (Lipinski definition) is 7. The molecule has 3 aromatic rings. The number of aromatic hydroxyl groups is 2. The number of hydrazine groups is 1. The zero-order valence-electron chi connectivity index (χ0n) is 26.2. The molecule has 2 aromatic heterocycles. The van der Waals surface area contributed by atoms with Crippen molar-refractivity contribution in [3.8, 4) is 11.5 Å². The molecule has 8 N–H and O–H groups in total. The number of nitrogens with two attached hydrogens (primary N) is 1. The van der Waals surface area contributed by atoms with E-state index in [0.29, 0.717) is 0 Å². The number of benzene rings is 1. The number of nitrogens with zero attached hydrogens (tertiary/aromatic N) is 6. The topological polar surface area (TPSA) is 291 Å². The SMILES string of the molecule is CC(C)(O/N=C(\C(=O)N[C@@H]1C(=O)N2C[C@@](C(=O)O)(N3CCN(NC(=O)c4cnc5cc(O)c(O)cc5c4Cl)C3=O)S[C@H]12)c1csc(N)n1)C(=O)O. The lowest BCUT2D eigenvalue weighted by Crippen LogP contribution is -2.68. The number of rotatable bonds is 10. The van der Waals surface area contributed by atoms with Crippen LogP contribution in [0.5, 0.6) is 11.5 Å². The Morgan fingerprint density at radius 2 is 1.86 bits per heavy atom. The third kappa shape index (κ3) is 5.99. The van der Waals surface area contributed by atoms with Crippen molar-refractivity contribution in [3.05, 3.63) is 40.0 Å². The molecule has 0 saturated carbocycles. The van der Waals surface area contributed by atoms with Crippen LogP contribution >= 0.6 is 34.7 Å². The van der Waals surface area contributed by atoms with Crippen LogP contribution in [0, 0.1) is 0 Å². The molecule has 1 aromatic carbocycles. The minimum absolute atomic E-state index is 0.0606. The molecule has 0 aliphatic carbocycles. The van der Waals surface area contributed by atoms with Crippen molar-refractivity contribution in [2.45, 2.75) is 35.7 Å². The fraction of sp³-hybridized carbons (Fsp3) is 0.321. The standard InChI is InChI=1S/C28H26ClN9O11S2/c1-27(2,23(44)45)49-35-17(13-8-50-25(30)32-13)20(42)33-18-21(43)36-9-28(24(46)47,51-22(18)36)37-3-4-38(26(37)48)34-19(41)11-7-31-12-6-15(40)14(39)5-10(12)16(11)29/h5-8,18,22,39-40H,3-4,9H2,1-2H3,(H2,30,32)(H,33,42)(H,34,41)(H,44,45)(H,46,47)/b35-17-/t18-,22-,28-/m1/s1. The maximum atomic E-state index is 13.6. The molecule has 3 saturated heterocycles. The van der Waals surface area contributed by atoms with Gasteiger partial charge in [0.05, 0.1) is 29.2 Å². The van der Waals surface area contributed by atoms with Gasteiger partial charge in [-0.25, -0.2) is 24.4 Å². The number of oxime groups is 1. The number of hydrogen-bond acceptors (Lipinski definition) is 15. The normalized spacial score (nSPS) is 21.8. The van der Waals surface area contributed by atoms with Gasteiger partial charge in [-0.3, -0.25) is 29.7 Å². The number of aliphatic carboxylic acids is 2. The summed E-state index contributed by atoms with van der Waals surface area (Å²) < 4.78 is 0. The molecule has 268 valence electrons. The summed E-state index contributed by atoms with van der Waals surface area (Å²) >= 11 is 8.07. The summed E-state index contributed by atoms with van der Waals surface area (Å²) in [6.07, 6.45) is 1.10. The summed E-state index contributed by atoms with van der Waals surface area (Å²) in [5.74, 6) is -6.33. The second-order valence-corrected chi connectivity index (χ2v) is 14.5. The van der Waals surface area contributed by atoms with E-state index in [9.17, 15) is 49.2 Å². The molecule has 3 aliphatic rings. The van der Waals surface area contributed by atoms with Crippen molar-refractivity contribution in [1.82, 2.24) is 35.5 Å². The number of carbonyl (C=O) groups is 6. The highest BCUT2D eigenvalue weighted by atomic mass is 35.5. The first-order valence-corrected chi connectivity index (χ1v) is 16.7. The molecule has 3 fully saturated rings. The second-order valence-electron chi connectivity index (χ2n) is 11.8. The van der Waals surface area contributed by atoms with Crippen LogP contribution in [0.1, 0.15) is 29.9 Å². The number of urea groups is 1. The zero-order valence-corrected chi connectivity index (χ0v) is 28.6. The lowest BCUT2D eigenvalue weighted by atomic mass is 10.1. The van der Waals surface area contributed by atoms with Crippen LogP contribution in [-0.2, 0) is 24.0 Å². The summed E-state index contributed by atoms with van der Waals surface area (Å²) in [5.41, 5.74) is 5.66. The number of anilines is 1. The van der Waals surface area contributed by atoms with Crippen LogP contribution in [0.3, 0.4) is 0 Å². The smallest absolute Gasteiger partial charge is 0.350 e. The molecule has 23 heteroatoms. The molecular weight excluding hydrogens is 738 g/mol. The number of halogens is 1. The van der Waals surface area contributed by atoms with Gasteiger partial charge < -0.3 is 41.2 Å². The number of amides is 5. The van der Waals surface area contributed by atoms with Gasteiger partial charge >= 0.3 is 18.0 Å². The minimum atomic E-state index is -2.02. The van der Waals surface area contributed by atoms with Crippen molar-refractivity contribution in [2.75, 3.05) is 25.4 Å². The molecule has 5 heterocycles. The Morgan fingerprint density at radius 3 is 2.51 bits per heavy atom. The molecule has 51 heavy (non-hydrogen) atoms. The van der Waals surface area contributed by atoms with Crippen LogP contribution in [-0.4, -0.2) is 128 Å². The number of pyridine rings is 1. The van der Waals surface area contributed by atoms with E-state index in [-0.39, 0.29) is 45.4 Å². The molecule has 5 amide bonds. The molecule has 0 radical (unpaired) electrons. The number of nitrogens with one attached hydrogen (secondary N) is 2. The summed E-state index contributed by atoms with van der Waals surface area (Å²) in [5, 5.41) is 46.9. The Kier molecular flexibility index (Phi) is 8.71. The third-order valence-corrected chi connectivity index (χ3v) is 10.9. The minimum Gasteiger partial charge on any atom is -0.504 e. The lowest BCUT2D eigenvalue weighted by Gasteiger charge is -2.41. The number of thioether (sulfide) groups is 1. The van der Waals surface area contributed by atoms with Gasteiger partial charge in [-0.15, -0.1) is 11.3 Å². The molecular formula is C28H26ClN9O11S2. The number of carbonyl (C=O) groups excluding carboxylic acids is 4. The summed E-state index contributed by atoms with van der Waals surface area (Å²) in [7, 11) is 0. The third-order valence-electron chi connectivity index (χ3n) is 8.15. The van der Waals surface area contributed by atoms with E-state index in [1.54, 1.807) is 0 Å². The largest absolute Gasteiger partial charge is 0.504 e. The highest BCUT2D eigenvalue weighted by molar-refractivity contribution is 8.02. The fourth-order valence-electron chi connectivity index (χ4n) is 5.32. The van der Waals surface area contributed by atoms with Gasteiger partial charge in [0, 0.05) is 29.6 Å². The van der Waals surface area contributed by atoms with E-state index in [0.717, 1.165) is 51.3 Å². The monoisotopic (exact) mass is 763 g/mol. The van der Waals surface area contributed by atoms with Gasteiger partial charge in [-0.05, 0) is 19.9 Å². The molecule has 6 rings (SSSR count). The molecule has 3 aliphatic heterocycles. The number of β-lactam (4-membered cyclic amide) rings is 1. The van der Waals surface area contributed by atoms with E-state index in [2.05, 4.69) is 25.9 Å². The molecule has 3 atom stereocenters. The van der Waals surface area contributed by atoms with Crippen LogP contribution in [0.15, 0.2) is 28.9 Å². The Labute approximate surface area is 298 Å². The second kappa shape index (κ2) is 12.6. The highest BCUT2D eigenvalue weighted by Gasteiger charge is 2.66. The average Bonchev–Trinajstić information content (AvgIpc) is 3.77. The molecule has 0 bridgehead atoms. The molecule has 0 unspecified atom stereocenters. The highest BCUT2D eigenvalue weighted by Crippen LogP contribution is 2.49. The van der Waals surface area contributed by atoms with Crippen molar-refractivity contribution in [3.63, 3.8) is 0 Å². The number of nitrogen functional groups attached to an aromatic ring is 1. The number of phenols is 2. The maximum absolute atomic E-state index is 13.6. The fourth-order valence-corrected chi connectivity index (χ4v) is 7.79. The number of phenolic OH excluding ortho intramolecular Hbond substituents is 2. The van der Waals surface area contributed by atoms with E-state index in [4.69, 9.17) is 22.2 Å². The Bertz CT molecular complexity index is 2080. The van der Waals surface area contributed by atoms with Crippen LogP contribution in [0.4, 0.5) is 9.93 Å². The van der Waals surface area contributed by atoms with Gasteiger partial charge in [0.15, 0.2) is 22.3 Å². The Hall–Kier alpha value is -5.61. The van der Waals surface area contributed by atoms with Gasteiger partial charge in [0.25, 0.3) is 11.8 Å². The van der Waals surface area contributed by atoms with E-state index >= 15 is 0 Å². The summed E-state index contributed by atoms with van der Waals surface area (Å²) in [4.78, 5) is 90.9. The number of carboxylic acid groups (broad SMARTS) is 2. The number of carboxylic acids is 2. The number of aromatic nitrogens is 2. The van der Waals surface area contributed by atoms with Crippen molar-refractivity contribution in [2.24, 2.45) is 5.16 Å². The van der Waals surface area contributed by atoms with Gasteiger partial charge in [0.2, 0.25) is 16.4 Å². The average molecular weight is 764 g/mol. The first kappa shape index (κ1) is 35.2. The van der Waals surface area contributed by atoms with E-state index in [1.165, 1.54) is 24.1 Å². The predicted molar refractivity (Wildman–Crippen MR) is 178 cm³/mol. The zero-order chi connectivity index (χ0) is 37.2. The first-order valence-electron chi connectivity index (χ1n) is 14.6. The van der Waals surface area contributed by atoms with Gasteiger partial charge in [-0.2, -0.15) is 0 Å². The van der Waals surface area contributed by atoms with Crippen molar-refractivity contribution in [1.29, 1.82) is 0 Å². The lowest BCUT2D eigenvalue weighted by molar-refractivity contribution is -0.161. The van der Waals surface area contributed by atoms with Crippen LogP contribution < -0.4 is 16.5 Å². The quantitative estimate of drug-likeness (QED) is 0.0628. The predicted octanol–water partition coefficient (Wildman–Crippen LogP) is 0.185. The van der Waals surface area contributed by atoms with Crippen molar-refractivity contribution >= 4 is 92.1 Å². The maximum Gasteiger partial charge on any atom is 0.350 e. The summed E-state index contributed by atoms with van der Waals surface area (Å²) in [6, 6.07) is 0.0742. The van der Waals surface area contributed by atoms with Gasteiger partial charge in [-0.1, -0.05) is 28.5 Å². The Morgan fingerprint density at radius 1 is 1.16 bits per heavy atom. The molecule has 0 spiro atoms. The Balaban J connectivity index is 1.17. The molecule has 20 nitrogen and oxygen atoms in total. The van der Waals surface area contributed by atoms with Crippen LogP contribution in [0.25, 0.3) is 10.9 Å². The van der Waals surface area contributed by atoms with Crippen LogP contribution in [0.2, 0.25) is 5.02 Å². The number of thiazole rings is 1. The van der Waals surface area contributed by atoms with E-state index < -0.39 is 81.3 Å². The first-order chi connectivity index (χ1) is 23.9.